The number of benzene rings is 1. The molecule has 1 unspecified atom stereocenters. The molecule has 1 aromatic rings. The summed E-state index contributed by atoms with van der Waals surface area (Å²) in [4.78, 5) is 22.6. The van der Waals surface area contributed by atoms with Crippen molar-refractivity contribution in [3.05, 3.63) is 29.8 Å². The van der Waals surface area contributed by atoms with Gasteiger partial charge in [-0.25, -0.2) is 0 Å². The number of amides is 1. The molecule has 0 spiro atoms. The molecule has 0 aliphatic carbocycles. The van der Waals surface area contributed by atoms with Gasteiger partial charge in [-0.2, -0.15) is 5.26 Å². The van der Waals surface area contributed by atoms with E-state index in [1.54, 1.807) is 12.1 Å². The molecule has 4 rings (SSSR count). The maximum Gasteiger partial charge on any atom is 0.244 e. The fourth-order valence-electron chi connectivity index (χ4n) is 4.77. The molecule has 3 saturated heterocycles. The lowest BCUT2D eigenvalue weighted by Crippen LogP contribution is -2.58. The first-order valence-electron chi connectivity index (χ1n) is 11.3. The molecule has 0 N–H and O–H groups in total. The number of nitrogens with zero attached hydrogens (tertiary/aromatic N) is 5. The second-order valence-electron chi connectivity index (χ2n) is 8.49. The van der Waals surface area contributed by atoms with Crippen molar-refractivity contribution in [2.24, 2.45) is 0 Å². The van der Waals surface area contributed by atoms with E-state index in [0.29, 0.717) is 5.56 Å². The number of ether oxygens (including phenoxy) is 1. The van der Waals surface area contributed by atoms with Gasteiger partial charge in [0, 0.05) is 71.2 Å². The highest BCUT2D eigenvalue weighted by Crippen LogP contribution is 2.25. The summed E-state index contributed by atoms with van der Waals surface area (Å²) in [6.45, 7) is 10.9. The van der Waals surface area contributed by atoms with Crippen molar-refractivity contribution in [3.8, 4) is 6.07 Å². The third kappa shape index (κ3) is 5.19. The number of rotatable bonds is 5. The normalized spacial score (nSPS) is 25.1. The first-order chi connectivity index (χ1) is 14.7. The van der Waals surface area contributed by atoms with Gasteiger partial charge in [0.15, 0.2) is 0 Å². The van der Waals surface area contributed by atoms with Gasteiger partial charge in [0.1, 0.15) is 0 Å². The maximum absolute atomic E-state index is 13.2. The first kappa shape index (κ1) is 21.3. The average Bonchev–Trinajstić information content (AvgIpc) is 3.07. The summed E-state index contributed by atoms with van der Waals surface area (Å²) in [7, 11) is 0. The maximum atomic E-state index is 13.2. The van der Waals surface area contributed by atoms with Gasteiger partial charge in [-0.05, 0) is 43.5 Å². The van der Waals surface area contributed by atoms with E-state index in [1.165, 1.54) is 0 Å². The molecule has 1 amide bonds. The van der Waals surface area contributed by atoms with Crippen LogP contribution in [0.1, 0.15) is 24.8 Å². The molecule has 3 aliphatic rings. The second kappa shape index (κ2) is 10.4. The van der Waals surface area contributed by atoms with Crippen molar-refractivity contribution in [2.45, 2.75) is 25.3 Å². The fraction of sp³-hybridized carbons (Fsp3) is 0.652. The van der Waals surface area contributed by atoms with Crippen molar-refractivity contribution in [1.82, 2.24) is 14.7 Å². The van der Waals surface area contributed by atoms with Crippen LogP contribution in [0.5, 0.6) is 0 Å². The number of piperidine rings is 1. The van der Waals surface area contributed by atoms with Crippen LogP contribution < -0.4 is 4.90 Å². The molecule has 1 atom stereocenters. The zero-order chi connectivity index (χ0) is 20.8. The summed E-state index contributed by atoms with van der Waals surface area (Å²) in [5.41, 5.74) is 1.53. The molecule has 30 heavy (non-hydrogen) atoms. The molecule has 7 nitrogen and oxygen atoms in total. The lowest BCUT2D eigenvalue weighted by Gasteiger charge is -2.42. The van der Waals surface area contributed by atoms with Crippen LogP contribution in [-0.2, 0) is 9.53 Å². The Labute approximate surface area is 179 Å². The minimum atomic E-state index is -0.0145. The van der Waals surface area contributed by atoms with Crippen molar-refractivity contribution in [1.29, 1.82) is 5.26 Å². The molecule has 162 valence electrons. The van der Waals surface area contributed by atoms with Crippen molar-refractivity contribution >= 4 is 11.6 Å². The van der Waals surface area contributed by atoms with E-state index in [9.17, 15) is 4.79 Å². The third-order valence-electron chi connectivity index (χ3n) is 6.61. The molecule has 1 aromatic carbocycles. The van der Waals surface area contributed by atoms with E-state index < -0.39 is 0 Å². The Hall–Kier alpha value is -1.98. The SMILES string of the molecule is N#Cc1ccc(N2CCCC(N3CCN(CCN4CCCOCC4)CC3)C2=O)cc1. The van der Waals surface area contributed by atoms with Crippen LogP contribution in [0.25, 0.3) is 0 Å². The van der Waals surface area contributed by atoms with Crippen molar-refractivity contribution < 1.29 is 9.53 Å². The molecular weight excluding hydrogens is 378 g/mol. The third-order valence-corrected chi connectivity index (χ3v) is 6.61. The largest absolute Gasteiger partial charge is 0.380 e. The van der Waals surface area contributed by atoms with Gasteiger partial charge in [0.05, 0.1) is 24.3 Å². The van der Waals surface area contributed by atoms with Gasteiger partial charge in [-0.3, -0.25) is 19.5 Å². The Morgan fingerprint density at radius 3 is 2.37 bits per heavy atom. The van der Waals surface area contributed by atoms with Crippen LogP contribution >= 0.6 is 0 Å². The van der Waals surface area contributed by atoms with E-state index >= 15 is 0 Å². The zero-order valence-electron chi connectivity index (χ0n) is 17.8. The standard InChI is InChI=1S/C23H33N5O2/c24-19-20-4-6-21(7-5-20)28-9-1-3-22(23(28)29)27-14-12-26(13-15-27)11-10-25-8-2-17-30-18-16-25/h4-7,22H,1-3,8-18H2. The summed E-state index contributed by atoms with van der Waals surface area (Å²) in [6.07, 6.45) is 3.10. The number of carbonyl (C=O) groups excluding carboxylic acids is 1. The molecule has 3 aliphatic heterocycles. The molecule has 0 aromatic heterocycles. The highest BCUT2D eigenvalue weighted by Gasteiger charge is 2.35. The Balaban J connectivity index is 1.27. The van der Waals surface area contributed by atoms with Crippen LogP contribution in [0.3, 0.4) is 0 Å². The van der Waals surface area contributed by atoms with Gasteiger partial charge < -0.3 is 9.64 Å². The first-order valence-corrected chi connectivity index (χ1v) is 11.3. The van der Waals surface area contributed by atoms with Gasteiger partial charge in [-0.1, -0.05) is 0 Å². The lowest BCUT2D eigenvalue weighted by molar-refractivity contribution is -0.126. The van der Waals surface area contributed by atoms with Crippen molar-refractivity contribution in [2.75, 3.05) is 77.0 Å². The fourth-order valence-corrected chi connectivity index (χ4v) is 4.77. The predicted molar refractivity (Wildman–Crippen MR) is 116 cm³/mol. The summed E-state index contributed by atoms with van der Waals surface area (Å²) in [6, 6.07) is 9.50. The highest BCUT2D eigenvalue weighted by atomic mass is 16.5. The number of hydrogen-bond acceptors (Lipinski definition) is 6. The topological polar surface area (TPSA) is 63.1 Å². The van der Waals surface area contributed by atoms with Crippen LogP contribution in [0.2, 0.25) is 0 Å². The highest BCUT2D eigenvalue weighted by molar-refractivity contribution is 5.98. The summed E-state index contributed by atoms with van der Waals surface area (Å²) in [5.74, 6) is 0.212. The Morgan fingerprint density at radius 2 is 1.63 bits per heavy atom. The van der Waals surface area contributed by atoms with Crippen LogP contribution in [-0.4, -0.2) is 98.8 Å². The van der Waals surface area contributed by atoms with Gasteiger partial charge in [-0.15, -0.1) is 0 Å². The second-order valence-corrected chi connectivity index (χ2v) is 8.49. The Morgan fingerprint density at radius 1 is 0.900 bits per heavy atom. The zero-order valence-corrected chi connectivity index (χ0v) is 17.8. The number of nitriles is 1. The van der Waals surface area contributed by atoms with Gasteiger partial charge in [0.2, 0.25) is 5.91 Å². The summed E-state index contributed by atoms with van der Waals surface area (Å²) >= 11 is 0. The number of hydrogen-bond donors (Lipinski definition) is 0. The van der Waals surface area contributed by atoms with E-state index in [0.717, 1.165) is 97.1 Å². The van der Waals surface area contributed by atoms with E-state index in [-0.39, 0.29) is 11.9 Å². The van der Waals surface area contributed by atoms with E-state index in [1.807, 2.05) is 17.0 Å². The molecule has 7 heteroatoms. The molecular formula is C23H33N5O2. The van der Waals surface area contributed by atoms with Crippen LogP contribution in [0.15, 0.2) is 24.3 Å². The predicted octanol–water partition coefficient (Wildman–Crippen LogP) is 1.39. The smallest absolute Gasteiger partial charge is 0.244 e. The number of piperazine rings is 1. The summed E-state index contributed by atoms with van der Waals surface area (Å²) in [5, 5.41) is 9.00. The van der Waals surface area contributed by atoms with E-state index in [4.69, 9.17) is 10.00 Å². The minimum absolute atomic E-state index is 0.0145. The number of carbonyl (C=O) groups is 1. The molecule has 0 radical (unpaired) electrons. The molecule has 0 saturated carbocycles. The average molecular weight is 412 g/mol. The Kier molecular flexibility index (Phi) is 7.34. The number of anilines is 1. The Bertz CT molecular complexity index is 731. The molecule has 3 heterocycles. The van der Waals surface area contributed by atoms with E-state index in [2.05, 4.69) is 20.8 Å². The van der Waals surface area contributed by atoms with Crippen LogP contribution in [0, 0.1) is 11.3 Å². The molecule has 3 fully saturated rings. The van der Waals surface area contributed by atoms with Crippen LogP contribution in [0.4, 0.5) is 5.69 Å². The molecule has 0 bridgehead atoms. The lowest BCUT2D eigenvalue weighted by atomic mass is 10.0. The monoisotopic (exact) mass is 411 g/mol. The summed E-state index contributed by atoms with van der Waals surface area (Å²) < 4.78 is 5.55. The minimum Gasteiger partial charge on any atom is -0.380 e. The quantitative estimate of drug-likeness (QED) is 0.730. The van der Waals surface area contributed by atoms with Gasteiger partial charge >= 0.3 is 0 Å². The van der Waals surface area contributed by atoms with Crippen molar-refractivity contribution in [3.63, 3.8) is 0 Å². The van der Waals surface area contributed by atoms with Gasteiger partial charge in [0.25, 0.3) is 0 Å².